The van der Waals surface area contributed by atoms with E-state index < -0.39 is 28.5 Å². The van der Waals surface area contributed by atoms with E-state index in [1.54, 1.807) is 42.5 Å². The average Bonchev–Trinajstić information content (AvgIpc) is 2.76. The van der Waals surface area contributed by atoms with Gasteiger partial charge in [0.25, 0.3) is 0 Å². The molecule has 0 bridgehead atoms. The Morgan fingerprint density at radius 1 is 1.09 bits per heavy atom. The van der Waals surface area contributed by atoms with Crippen molar-refractivity contribution in [2.24, 2.45) is 0 Å². The van der Waals surface area contributed by atoms with E-state index in [0.717, 1.165) is 22.5 Å². The van der Waals surface area contributed by atoms with Gasteiger partial charge in [0.15, 0.2) is 0 Å². The molecule has 0 saturated carbocycles. The van der Waals surface area contributed by atoms with Crippen molar-refractivity contribution < 1.29 is 18.0 Å². The highest BCUT2D eigenvalue weighted by Gasteiger charge is 2.31. The first-order valence-electron chi connectivity index (χ1n) is 10.9. The zero-order chi connectivity index (χ0) is 24.6. The van der Waals surface area contributed by atoms with Gasteiger partial charge in [-0.15, -0.1) is 0 Å². The van der Waals surface area contributed by atoms with Crippen LogP contribution < -0.4 is 9.62 Å². The summed E-state index contributed by atoms with van der Waals surface area (Å²) in [7, 11) is -3.75. The standard InChI is InChI=1S/C24H32ClN3O4S/c1-5-14-26-24(30)22(6-2)27(16-19-11-7-8-13-21(19)25)23(29)17-28(33(4,31)32)20-12-9-10-18(3)15-20/h7-13,15,22H,5-6,14,16-17H2,1-4H3,(H,26,30)/t22-/m0/s1. The maximum Gasteiger partial charge on any atom is 0.244 e. The zero-order valence-electron chi connectivity index (χ0n) is 19.5. The number of carbonyl (C=O) groups excluding carboxylic acids is 2. The van der Waals surface area contributed by atoms with Crippen molar-refractivity contribution in [1.29, 1.82) is 0 Å². The molecule has 2 aromatic carbocycles. The number of anilines is 1. The summed E-state index contributed by atoms with van der Waals surface area (Å²) in [5.41, 5.74) is 1.94. The molecule has 2 aromatic rings. The van der Waals surface area contributed by atoms with Gasteiger partial charge in [0.05, 0.1) is 11.9 Å². The van der Waals surface area contributed by atoms with Crippen LogP contribution in [0.1, 0.15) is 37.8 Å². The van der Waals surface area contributed by atoms with E-state index in [0.29, 0.717) is 29.2 Å². The van der Waals surface area contributed by atoms with Gasteiger partial charge in [-0.25, -0.2) is 8.42 Å². The van der Waals surface area contributed by atoms with Crippen LogP contribution in [0.5, 0.6) is 0 Å². The van der Waals surface area contributed by atoms with E-state index in [2.05, 4.69) is 5.32 Å². The van der Waals surface area contributed by atoms with Crippen LogP contribution in [-0.2, 0) is 26.2 Å². The molecule has 0 aliphatic heterocycles. The second kappa shape index (κ2) is 12.0. The number of amides is 2. The molecule has 0 aliphatic rings. The first-order chi connectivity index (χ1) is 15.6. The van der Waals surface area contributed by atoms with Crippen LogP contribution in [0.3, 0.4) is 0 Å². The van der Waals surface area contributed by atoms with E-state index in [9.17, 15) is 18.0 Å². The maximum absolute atomic E-state index is 13.5. The normalized spacial score (nSPS) is 12.2. The summed E-state index contributed by atoms with van der Waals surface area (Å²) >= 11 is 6.33. The number of benzene rings is 2. The molecule has 1 atom stereocenters. The molecular weight excluding hydrogens is 462 g/mol. The topological polar surface area (TPSA) is 86.8 Å². The molecule has 7 nitrogen and oxygen atoms in total. The van der Waals surface area contributed by atoms with Crippen LogP contribution in [-0.4, -0.2) is 50.5 Å². The Balaban J connectivity index is 2.44. The summed E-state index contributed by atoms with van der Waals surface area (Å²) in [6.07, 6.45) is 2.19. The van der Waals surface area contributed by atoms with Crippen molar-refractivity contribution in [2.75, 3.05) is 23.7 Å². The molecule has 0 heterocycles. The molecule has 0 unspecified atom stereocenters. The largest absolute Gasteiger partial charge is 0.354 e. The number of hydrogen-bond donors (Lipinski definition) is 1. The van der Waals surface area contributed by atoms with Crippen molar-refractivity contribution >= 4 is 39.1 Å². The third-order valence-corrected chi connectivity index (χ3v) is 6.71. The molecule has 1 N–H and O–H groups in total. The Bertz CT molecular complexity index is 1070. The summed E-state index contributed by atoms with van der Waals surface area (Å²) in [5, 5.41) is 3.31. The van der Waals surface area contributed by atoms with E-state index in [1.807, 2.05) is 26.8 Å². The smallest absolute Gasteiger partial charge is 0.244 e. The number of sulfonamides is 1. The van der Waals surface area contributed by atoms with Gasteiger partial charge in [-0.2, -0.15) is 0 Å². The molecule has 0 aromatic heterocycles. The minimum Gasteiger partial charge on any atom is -0.354 e. The Morgan fingerprint density at radius 3 is 2.36 bits per heavy atom. The predicted octanol–water partition coefficient (Wildman–Crippen LogP) is 3.75. The first kappa shape index (κ1) is 26.7. The predicted molar refractivity (Wildman–Crippen MR) is 133 cm³/mol. The lowest BCUT2D eigenvalue weighted by molar-refractivity contribution is -0.140. The number of hydrogen-bond acceptors (Lipinski definition) is 4. The first-order valence-corrected chi connectivity index (χ1v) is 13.2. The van der Waals surface area contributed by atoms with E-state index >= 15 is 0 Å². The van der Waals surface area contributed by atoms with Crippen LogP contribution in [0.4, 0.5) is 5.69 Å². The van der Waals surface area contributed by atoms with Crippen LogP contribution >= 0.6 is 11.6 Å². The lowest BCUT2D eigenvalue weighted by Crippen LogP contribution is -2.52. The molecule has 0 radical (unpaired) electrons. The molecule has 9 heteroatoms. The molecule has 0 fully saturated rings. The zero-order valence-corrected chi connectivity index (χ0v) is 21.1. The van der Waals surface area contributed by atoms with Gasteiger partial charge >= 0.3 is 0 Å². The molecule has 0 saturated heterocycles. The highest BCUT2D eigenvalue weighted by molar-refractivity contribution is 7.92. The molecule has 0 aliphatic carbocycles. The van der Waals surface area contributed by atoms with Gasteiger partial charge in [0.2, 0.25) is 21.8 Å². The Labute approximate surface area is 201 Å². The van der Waals surface area contributed by atoms with Crippen molar-refractivity contribution in [3.05, 3.63) is 64.7 Å². The summed E-state index contributed by atoms with van der Waals surface area (Å²) in [5.74, 6) is -0.762. The Hall–Kier alpha value is -2.58. The van der Waals surface area contributed by atoms with E-state index in [1.165, 1.54) is 4.90 Å². The van der Waals surface area contributed by atoms with E-state index in [4.69, 9.17) is 11.6 Å². The summed E-state index contributed by atoms with van der Waals surface area (Å²) in [4.78, 5) is 27.8. The molecule has 0 spiro atoms. The monoisotopic (exact) mass is 493 g/mol. The lowest BCUT2D eigenvalue weighted by Gasteiger charge is -2.33. The SMILES string of the molecule is CCCNC(=O)[C@H](CC)N(Cc1ccccc1Cl)C(=O)CN(c1cccc(C)c1)S(C)(=O)=O. The number of nitrogens with zero attached hydrogens (tertiary/aromatic N) is 2. The molecule has 33 heavy (non-hydrogen) atoms. The second-order valence-corrected chi connectivity index (χ2v) is 10.3. The van der Waals surface area contributed by atoms with Crippen LogP contribution in [0.2, 0.25) is 5.02 Å². The molecule has 2 rings (SSSR count). The highest BCUT2D eigenvalue weighted by Crippen LogP contribution is 2.22. The van der Waals surface area contributed by atoms with Gasteiger partial charge in [0.1, 0.15) is 12.6 Å². The number of rotatable bonds is 11. The number of carbonyl (C=O) groups is 2. The van der Waals surface area contributed by atoms with Crippen LogP contribution in [0.25, 0.3) is 0 Å². The fraction of sp³-hybridized carbons (Fsp3) is 0.417. The maximum atomic E-state index is 13.5. The van der Waals surface area contributed by atoms with Gasteiger partial charge < -0.3 is 10.2 Å². The highest BCUT2D eigenvalue weighted by atomic mass is 35.5. The third kappa shape index (κ3) is 7.47. The van der Waals surface area contributed by atoms with Crippen molar-refractivity contribution in [2.45, 2.75) is 46.2 Å². The van der Waals surface area contributed by atoms with Crippen molar-refractivity contribution in [1.82, 2.24) is 10.2 Å². The second-order valence-electron chi connectivity index (χ2n) is 7.94. The molecule has 180 valence electrons. The van der Waals surface area contributed by atoms with Gasteiger partial charge in [0, 0.05) is 18.1 Å². The van der Waals surface area contributed by atoms with Crippen molar-refractivity contribution in [3.8, 4) is 0 Å². The lowest BCUT2D eigenvalue weighted by atomic mass is 10.1. The fourth-order valence-corrected chi connectivity index (χ4v) is 4.53. The summed E-state index contributed by atoms with van der Waals surface area (Å²) < 4.78 is 26.2. The van der Waals surface area contributed by atoms with Crippen LogP contribution in [0.15, 0.2) is 48.5 Å². The van der Waals surface area contributed by atoms with Gasteiger partial charge in [-0.05, 0) is 49.1 Å². The van der Waals surface area contributed by atoms with Gasteiger partial charge in [-0.3, -0.25) is 13.9 Å². The number of aryl methyl sites for hydroxylation is 1. The Kier molecular flexibility index (Phi) is 9.73. The minimum atomic E-state index is -3.75. The van der Waals surface area contributed by atoms with Crippen LogP contribution in [0, 0.1) is 6.92 Å². The minimum absolute atomic E-state index is 0.0853. The number of nitrogens with one attached hydrogen (secondary N) is 1. The fourth-order valence-electron chi connectivity index (χ4n) is 3.49. The van der Waals surface area contributed by atoms with Gasteiger partial charge in [-0.1, -0.05) is 55.8 Å². The quantitative estimate of drug-likeness (QED) is 0.516. The average molecular weight is 494 g/mol. The summed E-state index contributed by atoms with van der Waals surface area (Å²) in [6, 6.07) is 13.3. The molecule has 2 amide bonds. The van der Waals surface area contributed by atoms with E-state index in [-0.39, 0.29) is 12.5 Å². The van der Waals surface area contributed by atoms with Crippen molar-refractivity contribution in [3.63, 3.8) is 0 Å². The summed E-state index contributed by atoms with van der Waals surface area (Å²) in [6.45, 7) is 5.76. The third-order valence-electron chi connectivity index (χ3n) is 5.20. The molecular formula is C24H32ClN3O4S. The Morgan fingerprint density at radius 2 is 1.79 bits per heavy atom. The number of halogens is 1.